The average molecular weight is 290 g/mol. The highest BCUT2D eigenvalue weighted by atomic mass is 32.2. The molecule has 2 atom stereocenters. The summed E-state index contributed by atoms with van der Waals surface area (Å²) in [6.07, 6.45) is 6.79. The van der Waals surface area contributed by atoms with E-state index in [-0.39, 0.29) is 5.91 Å². The molecule has 4 heteroatoms. The Morgan fingerprint density at radius 3 is 3.10 bits per heavy atom. The van der Waals surface area contributed by atoms with Crippen LogP contribution in [0.1, 0.15) is 31.7 Å². The predicted octanol–water partition coefficient (Wildman–Crippen LogP) is 3.07. The molecule has 108 valence electrons. The van der Waals surface area contributed by atoms with Crippen LogP contribution in [0.5, 0.6) is 0 Å². The summed E-state index contributed by atoms with van der Waals surface area (Å²) in [5.41, 5.74) is 7.36. The van der Waals surface area contributed by atoms with Crippen molar-refractivity contribution in [1.82, 2.24) is 5.32 Å². The van der Waals surface area contributed by atoms with Crippen molar-refractivity contribution in [1.29, 1.82) is 0 Å². The number of hydrogen-bond acceptors (Lipinski definition) is 3. The van der Waals surface area contributed by atoms with Gasteiger partial charge in [0, 0.05) is 23.1 Å². The van der Waals surface area contributed by atoms with E-state index >= 15 is 0 Å². The Hall–Kier alpha value is -1.42. The van der Waals surface area contributed by atoms with Crippen molar-refractivity contribution in [3.63, 3.8) is 0 Å². The lowest BCUT2D eigenvalue weighted by atomic mass is 10.2. The summed E-state index contributed by atoms with van der Waals surface area (Å²) in [5, 5.41) is 3.79. The summed E-state index contributed by atoms with van der Waals surface area (Å²) < 4.78 is 0. The van der Waals surface area contributed by atoms with Gasteiger partial charge in [0.1, 0.15) is 0 Å². The fourth-order valence-electron chi connectivity index (χ4n) is 2.54. The zero-order valence-electron chi connectivity index (χ0n) is 11.8. The standard InChI is InChI=1S/C16H22N2OS/c1-2-20-15-8-7-14(11-15)18-16(19)9-6-12-4-3-5-13(17)10-12/h3-6,9-10,14-15H,2,7-8,11,17H2,1H3,(H,18,19)/b9-6+. The lowest BCUT2D eigenvalue weighted by molar-refractivity contribution is -0.117. The molecule has 1 aliphatic carbocycles. The van der Waals surface area contributed by atoms with Gasteiger partial charge in [-0.25, -0.2) is 0 Å². The van der Waals surface area contributed by atoms with Gasteiger partial charge in [-0.2, -0.15) is 11.8 Å². The van der Waals surface area contributed by atoms with Crippen LogP contribution in [0.3, 0.4) is 0 Å². The third-order valence-electron chi connectivity index (χ3n) is 3.47. The Morgan fingerprint density at radius 1 is 1.50 bits per heavy atom. The number of thioether (sulfide) groups is 1. The second-order valence-electron chi connectivity index (χ2n) is 5.10. The summed E-state index contributed by atoms with van der Waals surface area (Å²) >= 11 is 2.00. The van der Waals surface area contributed by atoms with E-state index in [1.165, 1.54) is 6.42 Å². The molecule has 3 N–H and O–H groups in total. The number of amides is 1. The third kappa shape index (κ3) is 4.60. The number of rotatable bonds is 5. The average Bonchev–Trinajstić information content (AvgIpc) is 2.84. The first-order chi connectivity index (χ1) is 9.67. The van der Waals surface area contributed by atoms with Crippen LogP contribution < -0.4 is 11.1 Å². The molecular formula is C16H22N2OS. The Labute approximate surface area is 125 Å². The van der Waals surface area contributed by atoms with Crippen molar-refractivity contribution in [3.8, 4) is 0 Å². The molecule has 0 radical (unpaired) electrons. The summed E-state index contributed by atoms with van der Waals surface area (Å²) in [7, 11) is 0. The third-order valence-corrected chi connectivity index (χ3v) is 4.70. The molecule has 0 saturated heterocycles. The van der Waals surface area contributed by atoms with Gasteiger partial charge in [-0.15, -0.1) is 0 Å². The normalized spacial score (nSPS) is 22.2. The predicted molar refractivity (Wildman–Crippen MR) is 87.6 cm³/mol. The molecule has 2 rings (SSSR count). The van der Waals surface area contributed by atoms with Gasteiger partial charge in [0.25, 0.3) is 0 Å². The van der Waals surface area contributed by atoms with E-state index in [2.05, 4.69) is 12.2 Å². The van der Waals surface area contributed by atoms with Gasteiger partial charge in [-0.3, -0.25) is 4.79 Å². The minimum Gasteiger partial charge on any atom is -0.399 e. The van der Waals surface area contributed by atoms with Gasteiger partial charge < -0.3 is 11.1 Å². The summed E-state index contributed by atoms with van der Waals surface area (Å²) in [6, 6.07) is 7.84. The van der Waals surface area contributed by atoms with Crippen LogP contribution in [-0.4, -0.2) is 23.0 Å². The Balaban J connectivity index is 1.81. The maximum atomic E-state index is 11.9. The van der Waals surface area contributed by atoms with Crippen LogP contribution in [0.25, 0.3) is 6.08 Å². The van der Waals surface area contributed by atoms with Crippen molar-refractivity contribution < 1.29 is 4.79 Å². The van der Waals surface area contributed by atoms with Crippen LogP contribution in [-0.2, 0) is 4.79 Å². The largest absolute Gasteiger partial charge is 0.399 e. The number of nitrogens with two attached hydrogens (primary N) is 1. The summed E-state index contributed by atoms with van der Waals surface area (Å²) in [6.45, 7) is 2.19. The van der Waals surface area contributed by atoms with Crippen LogP contribution in [0.4, 0.5) is 5.69 Å². The molecule has 0 bridgehead atoms. The molecule has 0 spiro atoms. The van der Waals surface area contributed by atoms with Crippen LogP contribution in [0, 0.1) is 0 Å². The lowest BCUT2D eigenvalue weighted by Gasteiger charge is -2.11. The van der Waals surface area contributed by atoms with Gasteiger partial charge in [0.2, 0.25) is 5.91 Å². The molecule has 1 amide bonds. The lowest BCUT2D eigenvalue weighted by Crippen LogP contribution is -2.31. The van der Waals surface area contributed by atoms with E-state index < -0.39 is 0 Å². The van der Waals surface area contributed by atoms with E-state index in [9.17, 15) is 4.79 Å². The highest BCUT2D eigenvalue weighted by Gasteiger charge is 2.24. The van der Waals surface area contributed by atoms with Gasteiger partial charge in [-0.1, -0.05) is 19.1 Å². The monoisotopic (exact) mass is 290 g/mol. The Morgan fingerprint density at radius 2 is 2.35 bits per heavy atom. The number of nitrogens with one attached hydrogen (secondary N) is 1. The molecule has 1 aromatic carbocycles. The van der Waals surface area contributed by atoms with Crippen LogP contribution >= 0.6 is 11.8 Å². The molecule has 1 saturated carbocycles. The highest BCUT2D eigenvalue weighted by Crippen LogP contribution is 2.29. The van der Waals surface area contributed by atoms with E-state index in [1.807, 2.05) is 36.0 Å². The maximum absolute atomic E-state index is 11.9. The Bertz CT molecular complexity index is 487. The van der Waals surface area contributed by atoms with Crippen molar-refractivity contribution >= 4 is 29.4 Å². The minimum atomic E-state index is -0.0143. The van der Waals surface area contributed by atoms with E-state index in [1.54, 1.807) is 12.2 Å². The highest BCUT2D eigenvalue weighted by molar-refractivity contribution is 7.99. The van der Waals surface area contributed by atoms with Gasteiger partial charge in [0.15, 0.2) is 0 Å². The number of anilines is 1. The number of carbonyl (C=O) groups excluding carboxylic acids is 1. The van der Waals surface area contributed by atoms with E-state index in [4.69, 9.17) is 5.73 Å². The molecule has 2 unspecified atom stereocenters. The van der Waals surface area contributed by atoms with Crippen molar-refractivity contribution in [2.45, 2.75) is 37.5 Å². The Kier molecular flexibility index (Phi) is 5.53. The maximum Gasteiger partial charge on any atom is 0.244 e. The first-order valence-corrected chi connectivity index (χ1v) is 8.18. The zero-order valence-corrected chi connectivity index (χ0v) is 12.7. The van der Waals surface area contributed by atoms with Crippen molar-refractivity contribution in [3.05, 3.63) is 35.9 Å². The summed E-state index contributed by atoms with van der Waals surface area (Å²) in [4.78, 5) is 11.9. The van der Waals surface area contributed by atoms with E-state index in [0.29, 0.717) is 17.0 Å². The molecule has 0 aliphatic heterocycles. The van der Waals surface area contributed by atoms with Gasteiger partial charge in [0.05, 0.1) is 0 Å². The molecule has 0 heterocycles. The fraction of sp³-hybridized carbons (Fsp3) is 0.438. The molecular weight excluding hydrogens is 268 g/mol. The number of nitrogen functional groups attached to an aromatic ring is 1. The molecule has 1 fully saturated rings. The second-order valence-corrected chi connectivity index (χ2v) is 6.68. The molecule has 0 aromatic heterocycles. The SMILES string of the molecule is CCSC1CCC(NC(=O)/C=C/c2cccc(N)c2)C1. The quantitative estimate of drug-likeness (QED) is 0.647. The number of hydrogen-bond donors (Lipinski definition) is 2. The second kappa shape index (κ2) is 7.39. The molecule has 1 aliphatic rings. The first kappa shape index (κ1) is 15.0. The van der Waals surface area contributed by atoms with Crippen LogP contribution in [0.2, 0.25) is 0 Å². The molecule has 20 heavy (non-hydrogen) atoms. The van der Waals surface area contributed by atoms with Gasteiger partial charge in [-0.05, 0) is 48.8 Å². The van der Waals surface area contributed by atoms with Gasteiger partial charge >= 0.3 is 0 Å². The number of benzene rings is 1. The zero-order chi connectivity index (χ0) is 14.4. The fourth-order valence-corrected chi connectivity index (χ4v) is 3.68. The van der Waals surface area contributed by atoms with Crippen molar-refractivity contribution in [2.24, 2.45) is 0 Å². The molecule has 3 nitrogen and oxygen atoms in total. The summed E-state index contributed by atoms with van der Waals surface area (Å²) in [5.74, 6) is 1.14. The van der Waals surface area contributed by atoms with Crippen molar-refractivity contribution in [2.75, 3.05) is 11.5 Å². The smallest absolute Gasteiger partial charge is 0.244 e. The number of carbonyl (C=O) groups is 1. The topological polar surface area (TPSA) is 55.1 Å². The van der Waals surface area contributed by atoms with Crippen LogP contribution in [0.15, 0.2) is 30.3 Å². The molecule has 1 aromatic rings. The first-order valence-electron chi connectivity index (χ1n) is 7.13. The minimum absolute atomic E-state index is 0.0143. The van der Waals surface area contributed by atoms with E-state index in [0.717, 1.165) is 24.2 Å².